The number of carbonyl (C=O) groups is 1. The Balaban J connectivity index is 1.75. The SMILES string of the molecule is CCCS(=O)(=O)N1CCN(C2(CNC(=O)c3c(F)cc(F)cc3F)CCC(F)(F)CC2)CC1. The minimum Gasteiger partial charge on any atom is -0.350 e. The van der Waals surface area contributed by atoms with Gasteiger partial charge in [-0.3, -0.25) is 9.69 Å². The average molecular weight is 498 g/mol. The number of hydrogen-bond acceptors (Lipinski definition) is 4. The van der Waals surface area contributed by atoms with Crippen molar-refractivity contribution in [3.63, 3.8) is 0 Å². The van der Waals surface area contributed by atoms with E-state index in [9.17, 15) is 35.2 Å². The molecule has 2 aliphatic rings. The topological polar surface area (TPSA) is 69.7 Å². The molecule has 0 radical (unpaired) electrons. The summed E-state index contributed by atoms with van der Waals surface area (Å²) < 4.78 is 95.0. The third-order valence-electron chi connectivity index (χ3n) is 6.49. The number of amides is 1. The molecule has 1 aromatic carbocycles. The van der Waals surface area contributed by atoms with Crippen molar-refractivity contribution in [1.29, 1.82) is 0 Å². The summed E-state index contributed by atoms with van der Waals surface area (Å²) in [6.07, 6.45) is -0.316. The van der Waals surface area contributed by atoms with Crippen molar-refractivity contribution in [2.75, 3.05) is 38.5 Å². The van der Waals surface area contributed by atoms with Gasteiger partial charge >= 0.3 is 0 Å². The molecule has 0 spiro atoms. The summed E-state index contributed by atoms with van der Waals surface area (Å²) in [7, 11) is -3.40. The lowest BCUT2D eigenvalue weighted by Crippen LogP contribution is -2.63. The van der Waals surface area contributed by atoms with Crippen LogP contribution in [-0.4, -0.2) is 73.5 Å². The van der Waals surface area contributed by atoms with Gasteiger partial charge in [-0.05, 0) is 19.3 Å². The van der Waals surface area contributed by atoms with Gasteiger partial charge in [0.25, 0.3) is 5.91 Å². The molecular formula is C21H28F5N3O3S. The maximum Gasteiger partial charge on any atom is 0.257 e. The van der Waals surface area contributed by atoms with Gasteiger partial charge in [-0.15, -0.1) is 0 Å². The van der Waals surface area contributed by atoms with Crippen LogP contribution in [0.3, 0.4) is 0 Å². The summed E-state index contributed by atoms with van der Waals surface area (Å²) >= 11 is 0. The summed E-state index contributed by atoms with van der Waals surface area (Å²) in [5.41, 5.74) is -1.85. The molecule has 0 aromatic heterocycles. The number of sulfonamides is 1. The highest BCUT2D eigenvalue weighted by Crippen LogP contribution is 2.42. The Kier molecular flexibility index (Phi) is 7.69. The average Bonchev–Trinajstić information content (AvgIpc) is 2.73. The van der Waals surface area contributed by atoms with Crippen molar-refractivity contribution in [3.05, 3.63) is 35.1 Å². The Hall–Kier alpha value is -1.79. The second-order valence-corrected chi connectivity index (χ2v) is 10.8. The lowest BCUT2D eigenvalue weighted by molar-refractivity contribution is -0.0856. The highest BCUT2D eigenvalue weighted by atomic mass is 32.2. The summed E-state index contributed by atoms with van der Waals surface area (Å²) in [4.78, 5) is 14.4. The molecule has 0 bridgehead atoms. The lowest BCUT2D eigenvalue weighted by Gasteiger charge is -2.50. The van der Waals surface area contributed by atoms with Crippen LogP contribution in [0.5, 0.6) is 0 Å². The molecule has 1 aromatic rings. The van der Waals surface area contributed by atoms with E-state index in [1.165, 1.54) is 4.31 Å². The number of rotatable bonds is 7. The number of piperazine rings is 1. The summed E-state index contributed by atoms with van der Waals surface area (Å²) in [5.74, 6) is -7.81. The largest absolute Gasteiger partial charge is 0.350 e. The lowest BCUT2D eigenvalue weighted by atomic mass is 9.78. The number of alkyl halides is 2. The smallest absolute Gasteiger partial charge is 0.257 e. The second kappa shape index (κ2) is 9.83. The Bertz CT molecular complexity index is 948. The molecule has 0 atom stereocenters. The van der Waals surface area contributed by atoms with E-state index in [-0.39, 0.29) is 51.3 Å². The molecular weight excluding hydrogens is 469 g/mol. The van der Waals surface area contributed by atoms with Crippen LogP contribution < -0.4 is 5.32 Å². The third-order valence-corrected chi connectivity index (χ3v) is 8.57. The number of carbonyl (C=O) groups excluding carboxylic acids is 1. The molecule has 1 N–H and O–H groups in total. The standard InChI is InChI=1S/C21H28F5N3O3S/c1-2-11-33(31,32)29-9-7-28(8-10-29)20(3-5-21(25,26)6-4-20)14-27-19(30)18-16(23)12-15(22)13-17(18)24/h12-13H,2-11,14H2,1H3,(H,27,30). The highest BCUT2D eigenvalue weighted by Gasteiger charge is 2.47. The van der Waals surface area contributed by atoms with Crippen molar-refractivity contribution in [1.82, 2.24) is 14.5 Å². The first-order valence-corrected chi connectivity index (χ1v) is 12.5. The quantitative estimate of drug-likeness (QED) is 0.588. The Morgan fingerprint density at radius 1 is 1.00 bits per heavy atom. The highest BCUT2D eigenvalue weighted by molar-refractivity contribution is 7.89. The zero-order valence-corrected chi connectivity index (χ0v) is 19.2. The van der Waals surface area contributed by atoms with Gasteiger partial charge in [0.15, 0.2) is 0 Å². The van der Waals surface area contributed by atoms with Crippen molar-refractivity contribution in [2.24, 2.45) is 0 Å². The molecule has 1 saturated carbocycles. The molecule has 1 aliphatic carbocycles. The van der Waals surface area contributed by atoms with Crippen LogP contribution in [0.25, 0.3) is 0 Å². The van der Waals surface area contributed by atoms with Crippen molar-refractivity contribution < 1.29 is 35.2 Å². The molecule has 2 fully saturated rings. The van der Waals surface area contributed by atoms with Crippen LogP contribution in [0.4, 0.5) is 22.0 Å². The zero-order chi connectivity index (χ0) is 24.4. The fourth-order valence-corrected chi connectivity index (χ4v) is 6.10. The molecule has 12 heteroatoms. The van der Waals surface area contributed by atoms with Crippen LogP contribution in [0.15, 0.2) is 12.1 Å². The van der Waals surface area contributed by atoms with E-state index in [1.54, 1.807) is 6.92 Å². The van der Waals surface area contributed by atoms with Gasteiger partial charge in [-0.1, -0.05) is 6.92 Å². The zero-order valence-electron chi connectivity index (χ0n) is 18.4. The minimum atomic E-state index is -3.40. The molecule has 6 nitrogen and oxygen atoms in total. The summed E-state index contributed by atoms with van der Waals surface area (Å²) in [6.45, 7) is 2.55. The first-order valence-electron chi connectivity index (χ1n) is 10.9. The minimum absolute atomic E-state index is 0.0230. The van der Waals surface area contributed by atoms with Crippen LogP contribution >= 0.6 is 0 Å². The number of hydrogen-bond donors (Lipinski definition) is 1. The summed E-state index contributed by atoms with van der Waals surface area (Å²) in [6, 6.07) is 0.787. The second-order valence-electron chi connectivity index (χ2n) is 8.71. The van der Waals surface area contributed by atoms with Gasteiger partial charge in [-0.25, -0.2) is 30.4 Å². The van der Waals surface area contributed by atoms with E-state index >= 15 is 0 Å². The fraction of sp³-hybridized carbons (Fsp3) is 0.667. The Morgan fingerprint density at radius 3 is 2.06 bits per heavy atom. The number of halogens is 5. The predicted molar refractivity (Wildman–Crippen MR) is 112 cm³/mol. The van der Waals surface area contributed by atoms with Crippen LogP contribution in [0.2, 0.25) is 0 Å². The maximum atomic E-state index is 14.0. The molecule has 186 valence electrons. The number of nitrogens with one attached hydrogen (secondary N) is 1. The van der Waals surface area contributed by atoms with Crippen LogP contribution in [0.1, 0.15) is 49.4 Å². The van der Waals surface area contributed by atoms with Crippen molar-refractivity contribution in [2.45, 2.75) is 50.5 Å². The van der Waals surface area contributed by atoms with Crippen molar-refractivity contribution >= 4 is 15.9 Å². The molecule has 1 amide bonds. The van der Waals surface area contributed by atoms with Gasteiger partial charge < -0.3 is 5.32 Å². The van der Waals surface area contributed by atoms with E-state index in [4.69, 9.17) is 0 Å². The maximum absolute atomic E-state index is 14.0. The van der Waals surface area contributed by atoms with Crippen LogP contribution in [0, 0.1) is 17.5 Å². The molecule has 33 heavy (non-hydrogen) atoms. The van der Waals surface area contributed by atoms with Crippen molar-refractivity contribution in [3.8, 4) is 0 Å². The fourth-order valence-electron chi connectivity index (χ4n) is 4.61. The van der Waals surface area contributed by atoms with Gasteiger partial charge in [0.1, 0.15) is 23.0 Å². The van der Waals surface area contributed by atoms with E-state index in [1.807, 2.05) is 4.90 Å². The first kappa shape index (κ1) is 25.8. The molecule has 3 rings (SSSR count). The molecule has 1 aliphatic heterocycles. The monoisotopic (exact) mass is 497 g/mol. The van der Waals surface area contributed by atoms with E-state index in [0.29, 0.717) is 18.6 Å². The number of benzene rings is 1. The van der Waals surface area contributed by atoms with Gasteiger partial charge in [0.05, 0.1) is 5.75 Å². The number of nitrogens with zero attached hydrogens (tertiary/aromatic N) is 2. The first-order chi connectivity index (χ1) is 15.4. The third kappa shape index (κ3) is 5.83. The predicted octanol–water partition coefficient (Wildman–Crippen LogP) is 3.14. The molecule has 1 saturated heterocycles. The summed E-state index contributed by atoms with van der Waals surface area (Å²) in [5, 5.41) is 2.44. The van der Waals surface area contributed by atoms with Crippen LogP contribution in [-0.2, 0) is 10.0 Å². The normalized spacial score (nSPS) is 21.6. The molecule has 0 unspecified atom stereocenters. The van der Waals surface area contributed by atoms with E-state index in [0.717, 1.165) is 0 Å². The van der Waals surface area contributed by atoms with Gasteiger partial charge in [0.2, 0.25) is 15.9 Å². The van der Waals surface area contributed by atoms with E-state index < -0.39 is 63.2 Å². The molecule has 1 heterocycles. The van der Waals surface area contributed by atoms with E-state index in [2.05, 4.69) is 5.32 Å². The van der Waals surface area contributed by atoms with Gasteiger partial charge in [0, 0.05) is 63.2 Å². The van der Waals surface area contributed by atoms with Gasteiger partial charge in [-0.2, -0.15) is 4.31 Å². The Morgan fingerprint density at radius 2 is 1.55 bits per heavy atom. The Labute approximate surface area is 190 Å².